The van der Waals surface area contributed by atoms with Crippen molar-refractivity contribution in [1.82, 2.24) is 15.5 Å². The number of aliphatic imine (C=N–C) groups is 1. The van der Waals surface area contributed by atoms with Crippen LogP contribution in [0.5, 0.6) is 0 Å². The molecule has 0 amide bonds. The van der Waals surface area contributed by atoms with Crippen molar-refractivity contribution in [2.75, 3.05) is 54.0 Å². The number of halogens is 1. The summed E-state index contributed by atoms with van der Waals surface area (Å²) in [5, 5.41) is 6.79. The summed E-state index contributed by atoms with van der Waals surface area (Å²) in [6.07, 6.45) is 1.06. The summed E-state index contributed by atoms with van der Waals surface area (Å²) in [7, 11) is 5.69. The van der Waals surface area contributed by atoms with E-state index in [2.05, 4.69) is 65.7 Å². The van der Waals surface area contributed by atoms with Crippen LogP contribution >= 0.6 is 24.0 Å². The molecule has 144 valence electrons. The van der Waals surface area contributed by atoms with E-state index in [0.29, 0.717) is 5.92 Å². The van der Waals surface area contributed by atoms with E-state index < -0.39 is 0 Å². The Labute approximate surface area is 170 Å². The van der Waals surface area contributed by atoms with Crippen LogP contribution in [0.3, 0.4) is 0 Å². The number of rotatable bonds is 10. The first-order valence-electron chi connectivity index (χ1n) is 8.75. The molecule has 1 aromatic carbocycles. The summed E-state index contributed by atoms with van der Waals surface area (Å²) in [5.74, 6) is 1.31. The van der Waals surface area contributed by atoms with Gasteiger partial charge < -0.3 is 20.3 Å². The number of aryl methyl sites for hydroxylation is 1. The van der Waals surface area contributed by atoms with E-state index in [1.54, 1.807) is 7.11 Å². The highest BCUT2D eigenvalue weighted by Crippen LogP contribution is 2.15. The van der Waals surface area contributed by atoms with Crippen molar-refractivity contribution in [2.45, 2.75) is 26.2 Å². The van der Waals surface area contributed by atoms with Gasteiger partial charge in [-0.05, 0) is 31.9 Å². The first-order chi connectivity index (χ1) is 11.6. The molecule has 0 aliphatic heterocycles. The second kappa shape index (κ2) is 14.3. The number of hydrogen-bond donors (Lipinski definition) is 2. The van der Waals surface area contributed by atoms with E-state index in [1.807, 2.05) is 7.05 Å². The number of ether oxygens (including phenoxy) is 1. The van der Waals surface area contributed by atoms with Gasteiger partial charge in [0.1, 0.15) is 0 Å². The summed E-state index contributed by atoms with van der Waals surface area (Å²) in [6, 6.07) is 8.68. The summed E-state index contributed by atoms with van der Waals surface area (Å²) >= 11 is 0. The minimum atomic E-state index is 0. The van der Waals surface area contributed by atoms with Gasteiger partial charge in [0.05, 0.1) is 0 Å². The molecule has 0 aliphatic rings. The molecule has 0 fully saturated rings. The molecule has 1 atom stereocenters. The number of likely N-dealkylation sites (N-methyl/N-ethyl adjacent to an activating group) is 1. The van der Waals surface area contributed by atoms with Crippen LogP contribution in [0.4, 0.5) is 0 Å². The lowest BCUT2D eigenvalue weighted by Crippen LogP contribution is -2.42. The van der Waals surface area contributed by atoms with Crippen molar-refractivity contribution >= 4 is 29.9 Å². The second-order valence-electron chi connectivity index (χ2n) is 6.34. The molecule has 1 aromatic rings. The van der Waals surface area contributed by atoms with Crippen LogP contribution in [0.15, 0.2) is 29.3 Å². The third-order valence-electron chi connectivity index (χ3n) is 4.08. The van der Waals surface area contributed by atoms with Gasteiger partial charge in [-0.2, -0.15) is 0 Å². The highest BCUT2D eigenvalue weighted by atomic mass is 127. The molecule has 1 rings (SSSR count). The molecule has 0 heterocycles. The molecule has 6 heteroatoms. The van der Waals surface area contributed by atoms with Crippen LogP contribution in [0.1, 0.15) is 30.4 Å². The summed E-state index contributed by atoms with van der Waals surface area (Å²) in [5.41, 5.74) is 2.66. The van der Waals surface area contributed by atoms with E-state index in [9.17, 15) is 0 Å². The fraction of sp³-hybridized carbons (Fsp3) is 0.632. The van der Waals surface area contributed by atoms with Crippen LogP contribution in [-0.2, 0) is 4.74 Å². The van der Waals surface area contributed by atoms with Crippen molar-refractivity contribution in [2.24, 2.45) is 4.99 Å². The highest BCUT2D eigenvalue weighted by Gasteiger charge is 2.07. The van der Waals surface area contributed by atoms with E-state index in [0.717, 1.165) is 45.2 Å². The maximum atomic E-state index is 5.08. The molecule has 0 saturated carbocycles. The van der Waals surface area contributed by atoms with Crippen molar-refractivity contribution in [3.05, 3.63) is 35.4 Å². The zero-order chi connectivity index (χ0) is 17.8. The Kier molecular flexibility index (Phi) is 13.8. The number of hydrogen-bond acceptors (Lipinski definition) is 3. The van der Waals surface area contributed by atoms with Gasteiger partial charge >= 0.3 is 0 Å². The Hall–Kier alpha value is -0.860. The number of guanidine groups is 1. The van der Waals surface area contributed by atoms with Gasteiger partial charge in [-0.25, -0.2) is 0 Å². The quantitative estimate of drug-likeness (QED) is 0.243. The Morgan fingerprint density at radius 3 is 2.68 bits per heavy atom. The topological polar surface area (TPSA) is 48.9 Å². The fourth-order valence-electron chi connectivity index (χ4n) is 2.52. The maximum absolute atomic E-state index is 5.08. The van der Waals surface area contributed by atoms with Crippen molar-refractivity contribution in [3.63, 3.8) is 0 Å². The number of nitrogens with zero attached hydrogens (tertiary/aromatic N) is 2. The van der Waals surface area contributed by atoms with Gasteiger partial charge in [-0.3, -0.25) is 4.99 Å². The lowest BCUT2D eigenvalue weighted by atomic mass is 9.99. The lowest BCUT2D eigenvalue weighted by Gasteiger charge is -2.19. The molecule has 0 spiro atoms. The first-order valence-corrected chi connectivity index (χ1v) is 8.75. The van der Waals surface area contributed by atoms with Gasteiger partial charge in [0.2, 0.25) is 0 Å². The molecule has 0 aliphatic carbocycles. The standard InChI is InChI=1S/C19H34N4O.HI/c1-16-8-6-9-18(14-16)17(2)15-22-19(20-3)21-10-12-23(4)11-7-13-24-5;/h6,8-9,14,17H,7,10-13,15H2,1-5H3,(H2,20,21,22);1H. The predicted octanol–water partition coefficient (Wildman–Crippen LogP) is 2.85. The van der Waals surface area contributed by atoms with E-state index >= 15 is 0 Å². The summed E-state index contributed by atoms with van der Waals surface area (Å²) in [6.45, 7) is 8.96. The number of benzene rings is 1. The second-order valence-corrected chi connectivity index (χ2v) is 6.34. The molecule has 0 aromatic heterocycles. The smallest absolute Gasteiger partial charge is 0.191 e. The van der Waals surface area contributed by atoms with E-state index in [-0.39, 0.29) is 24.0 Å². The largest absolute Gasteiger partial charge is 0.385 e. The van der Waals surface area contributed by atoms with E-state index in [1.165, 1.54) is 11.1 Å². The van der Waals surface area contributed by atoms with Gasteiger partial charge in [-0.15, -0.1) is 24.0 Å². The molecule has 5 nitrogen and oxygen atoms in total. The lowest BCUT2D eigenvalue weighted by molar-refractivity contribution is 0.180. The van der Waals surface area contributed by atoms with Gasteiger partial charge in [0.25, 0.3) is 0 Å². The Morgan fingerprint density at radius 1 is 1.28 bits per heavy atom. The molecular formula is C19H35IN4O. The molecule has 25 heavy (non-hydrogen) atoms. The van der Waals surface area contributed by atoms with Gasteiger partial charge in [0.15, 0.2) is 5.96 Å². The normalized spacial score (nSPS) is 12.6. The van der Waals surface area contributed by atoms with Crippen molar-refractivity contribution in [1.29, 1.82) is 0 Å². The average Bonchev–Trinajstić information content (AvgIpc) is 2.57. The number of methoxy groups -OCH3 is 1. The summed E-state index contributed by atoms with van der Waals surface area (Å²) < 4.78 is 5.08. The van der Waals surface area contributed by atoms with Gasteiger partial charge in [-0.1, -0.05) is 36.8 Å². The zero-order valence-electron chi connectivity index (χ0n) is 16.3. The molecule has 1 unspecified atom stereocenters. The molecular weight excluding hydrogens is 427 g/mol. The van der Waals surface area contributed by atoms with Crippen LogP contribution in [0.25, 0.3) is 0 Å². The molecule has 0 saturated heterocycles. The minimum Gasteiger partial charge on any atom is -0.385 e. The SMILES string of the molecule is CN=C(NCCN(C)CCCOC)NCC(C)c1cccc(C)c1.I. The van der Waals surface area contributed by atoms with Crippen LogP contribution in [-0.4, -0.2) is 64.9 Å². The fourth-order valence-corrected chi connectivity index (χ4v) is 2.52. The third-order valence-corrected chi connectivity index (χ3v) is 4.08. The molecule has 0 radical (unpaired) electrons. The highest BCUT2D eigenvalue weighted by molar-refractivity contribution is 14.0. The minimum absolute atomic E-state index is 0. The van der Waals surface area contributed by atoms with Crippen molar-refractivity contribution in [3.8, 4) is 0 Å². The molecule has 2 N–H and O–H groups in total. The maximum Gasteiger partial charge on any atom is 0.191 e. The van der Waals surface area contributed by atoms with Crippen LogP contribution < -0.4 is 10.6 Å². The van der Waals surface area contributed by atoms with Crippen LogP contribution in [0, 0.1) is 6.92 Å². The Bertz CT molecular complexity index is 496. The van der Waals surface area contributed by atoms with Crippen LogP contribution in [0.2, 0.25) is 0 Å². The zero-order valence-corrected chi connectivity index (χ0v) is 18.7. The summed E-state index contributed by atoms with van der Waals surface area (Å²) in [4.78, 5) is 6.60. The predicted molar refractivity (Wildman–Crippen MR) is 118 cm³/mol. The van der Waals surface area contributed by atoms with E-state index in [4.69, 9.17) is 4.74 Å². The average molecular weight is 462 g/mol. The number of nitrogens with one attached hydrogen (secondary N) is 2. The first kappa shape index (κ1) is 24.1. The Balaban J connectivity index is 0.00000576. The van der Waals surface area contributed by atoms with Crippen molar-refractivity contribution < 1.29 is 4.74 Å². The van der Waals surface area contributed by atoms with Gasteiger partial charge in [0, 0.05) is 46.9 Å². The monoisotopic (exact) mass is 462 g/mol. The Morgan fingerprint density at radius 2 is 2.04 bits per heavy atom. The third kappa shape index (κ3) is 10.7. The molecule has 0 bridgehead atoms.